The van der Waals surface area contributed by atoms with E-state index in [1.165, 1.54) is 6.42 Å². The van der Waals surface area contributed by atoms with E-state index in [1.807, 2.05) is 13.8 Å². The number of hydrogen-bond acceptors (Lipinski definition) is 3. The first-order valence-corrected chi connectivity index (χ1v) is 8.05. The molecule has 3 atom stereocenters. The van der Waals surface area contributed by atoms with E-state index in [0.29, 0.717) is 12.6 Å². The van der Waals surface area contributed by atoms with Crippen molar-refractivity contribution in [3.8, 4) is 0 Å². The van der Waals surface area contributed by atoms with Gasteiger partial charge in [-0.3, -0.25) is 4.90 Å². The van der Waals surface area contributed by atoms with Gasteiger partial charge in [-0.2, -0.15) is 0 Å². The van der Waals surface area contributed by atoms with Gasteiger partial charge < -0.3 is 15.3 Å². The SMILES string of the molecule is CCC(C)C(NC(=O)N1CCCN2CCCC2C1)C(=O)O. The van der Waals surface area contributed by atoms with Gasteiger partial charge in [-0.25, -0.2) is 9.59 Å². The fourth-order valence-electron chi connectivity index (χ4n) is 3.30. The van der Waals surface area contributed by atoms with Crippen LogP contribution in [0.2, 0.25) is 0 Å². The molecule has 0 aromatic rings. The first-order chi connectivity index (χ1) is 10.0. The predicted molar refractivity (Wildman–Crippen MR) is 80.2 cm³/mol. The highest BCUT2D eigenvalue weighted by Crippen LogP contribution is 2.21. The number of nitrogens with zero attached hydrogens (tertiary/aromatic N) is 2. The van der Waals surface area contributed by atoms with E-state index in [0.717, 1.165) is 38.9 Å². The maximum absolute atomic E-state index is 12.4. The molecule has 2 rings (SSSR count). The van der Waals surface area contributed by atoms with Crippen molar-refractivity contribution in [2.75, 3.05) is 26.2 Å². The summed E-state index contributed by atoms with van der Waals surface area (Å²) >= 11 is 0. The van der Waals surface area contributed by atoms with Gasteiger partial charge in [0.25, 0.3) is 0 Å². The molecule has 2 heterocycles. The van der Waals surface area contributed by atoms with Crippen molar-refractivity contribution < 1.29 is 14.7 Å². The number of amides is 2. The van der Waals surface area contributed by atoms with Crippen LogP contribution in [0.4, 0.5) is 4.79 Å². The molecule has 0 saturated carbocycles. The van der Waals surface area contributed by atoms with Gasteiger partial charge in [-0.1, -0.05) is 20.3 Å². The third kappa shape index (κ3) is 3.87. The van der Waals surface area contributed by atoms with Crippen molar-refractivity contribution in [2.45, 2.75) is 51.6 Å². The number of aliphatic carboxylic acids is 1. The molecule has 2 saturated heterocycles. The number of nitrogens with one attached hydrogen (secondary N) is 1. The zero-order valence-electron chi connectivity index (χ0n) is 13.0. The Labute approximate surface area is 126 Å². The summed E-state index contributed by atoms with van der Waals surface area (Å²) in [4.78, 5) is 28.0. The molecule has 0 aliphatic carbocycles. The number of urea groups is 1. The molecule has 2 amide bonds. The first-order valence-electron chi connectivity index (χ1n) is 8.05. The maximum atomic E-state index is 12.4. The fourth-order valence-corrected chi connectivity index (χ4v) is 3.30. The summed E-state index contributed by atoms with van der Waals surface area (Å²) in [5.41, 5.74) is 0. The number of rotatable bonds is 4. The zero-order chi connectivity index (χ0) is 15.4. The lowest BCUT2D eigenvalue weighted by Crippen LogP contribution is -2.52. The molecule has 0 spiro atoms. The smallest absolute Gasteiger partial charge is 0.326 e. The van der Waals surface area contributed by atoms with Gasteiger partial charge in [0.15, 0.2) is 0 Å². The molecular formula is C15H27N3O3. The molecule has 6 nitrogen and oxygen atoms in total. The minimum atomic E-state index is -0.949. The van der Waals surface area contributed by atoms with Crippen molar-refractivity contribution in [1.29, 1.82) is 0 Å². The standard InChI is InChI=1S/C15H27N3O3/c1-3-11(2)13(14(19)20)16-15(21)18-9-5-8-17-7-4-6-12(17)10-18/h11-13H,3-10H2,1-2H3,(H,16,21)(H,19,20). The minimum absolute atomic E-state index is 0.0681. The Morgan fingerprint density at radius 2 is 2.00 bits per heavy atom. The molecule has 120 valence electrons. The Kier molecular flexibility index (Phi) is 5.45. The summed E-state index contributed by atoms with van der Waals surface area (Å²) in [6, 6.07) is -0.577. The van der Waals surface area contributed by atoms with Crippen LogP contribution in [0.5, 0.6) is 0 Å². The number of carboxylic acid groups (broad SMARTS) is 1. The summed E-state index contributed by atoms with van der Waals surface area (Å²) in [7, 11) is 0. The van der Waals surface area contributed by atoms with E-state index in [9.17, 15) is 14.7 Å². The van der Waals surface area contributed by atoms with Crippen molar-refractivity contribution in [1.82, 2.24) is 15.1 Å². The highest BCUT2D eigenvalue weighted by atomic mass is 16.4. The topological polar surface area (TPSA) is 72.9 Å². The molecule has 3 unspecified atom stereocenters. The zero-order valence-corrected chi connectivity index (χ0v) is 13.0. The van der Waals surface area contributed by atoms with Gasteiger partial charge in [0.2, 0.25) is 0 Å². The highest BCUT2D eigenvalue weighted by molar-refractivity contribution is 5.82. The Hall–Kier alpha value is -1.30. The highest BCUT2D eigenvalue weighted by Gasteiger charge is 2.32. The summed E-state index contributed by atoms with van der Waals surface area (Å²) in [5.74, 6) is -1.02. The monoisotopic (exact) mass is 297 g/mol. The number of fused-ring (bicyclic) bond motifs is 1. The largest absolute Gasteiger partial charge is 0.480 e. The quantitative estimate of drug-likeness (QED) is 0.822. The van der Waals surface area contributed by atoms with Crippen LogP contribution >= 0.6 is 0 Å². The molecule has 6 heteroatoms. The second-order valence-electron chi connectivity index (χ2n) is 6.28. The Morgan fingerprint density at radius 3 is 2.67 bits per heavy atom. The number of carbonyl (C=O) groups is 2. The molecule has 21 heavy (non-hydrogen) atoms. The predicted octanol–water partition coefficient (Wildman–Crippen LogP) is 1.37. The average Bonchev–Trinajstić information content (AvgIpc) is 2.80. The molecule has 0 bridgehead atoms. The van der Waals surface area contributed by atoms with Crippen LogP contribution in [0, 0.1) is 5.92 Å². The van der Waals surface area contributed by atoms with E-state index in [2.05, 4.69) is 10.2 Å². The molecule has 2 fully saturated rings. The normalized spacial score (nSPS) is 25.8. The van der Waals surface area contributed by atoms with E-state index < -0.39 is 12.0 Å². The van der Waals surface area contributed by atoms with Crippen molar-refractivity contribution in [3.05, 3.63) is 0 Å². The van der Waals surface area contributed by atoms with Gasteiger partial charge >= 0.3 is 12.0 Å². The first kappa shape index (κ1) is 16.1. The van der Waals surface area contributed by atoms with Crippen LogP contribution in [0.1, 0.15) is 39.5 Å². The van der Waals surface area contributed by atoms with E-state index in [4.69, 9.17) is 0 Å². The van der Waals surface area contributed by atoms with Crippen LogP contribution < -0.4 is 5.32 Å². The van der Waals surface area contributed by atoms with E-state index in [1.54, 1.807) is 4.90 Å². The van der Waals surface area contributed by atoms with Gasteiger partial charge in [0.05, 0.1) is 0 Å². The molecule has 2 aliphatic heterocycles. The second-order valence-corrected chi connectivity index (χ2v) is 6.28. The molecule has 2 aliphatic rings. The van der Waals surface area contributed by atoms with Crippen molar-refractivity contribution >= 4 is 12.0 Å². The van der Waals surface area contributed by atoms with Crippen molar-refractivity contribution in [3.63, 3.8) is 0 Å². The summed E-state index contributed by atoms with van der Waals surface area (Å²) < 4.78 is 0. The number of hydrogen-bond donors (Lipinski definition) is 2. The fraction of sp³-hybridized carbons (Fsp3) is 0.867. The minimum Gasteiger partial charge on any atom is -0.480 e. The van der Waals surface area contributed by atoms with Gasteiger partial charge in [0.1, 0.15) is 6.04 Å². The Balaban J connectivity index is 1.96. The summed E-state index contributed by atoms with van der Waals surface area (Å²) in [6.07, 6.45) is 4.03. The van der Waals surface area contributed by atoms with Gasteiger partial charge in [0, 0.05) is 25.7 Å². The lowest BCUT2D eigenvalue weighted by Gasteiger charge is -2.28. The third-order valence-electron chi connectivity index (χ3n) is 4.85. The van der Waals surface area contributed by atoms with Crippen LogP contribution in [0.25, 0.3) is 0 Å². The lowest BCUT2D eigenvalue weighted by molar-refractivity contribution is -0.140. The van der Waals surface area contributed by atoms with Crippen molar-refractivity contribution in [2.24, 2.45) is 5.92 Å². The molecule has 2 N–H and O–H groups in total. The summed E-state index contributed by atoms with van der Waals surface area (Å²) in [6.45, 7) is 7.41. The molecule has 0 radical (unpaired) electrons. The van der Waals surface area contributed by atoms with Crippen LogP contribution in [0.15, 0.2) is 0 Å². The number of carbonyl (C=O) groups excluding carboxylic acids is 1. The van der Waals surface area contributed by atoms with E-state index >= 15 is 0 Å². The van der Waals surface area contributed by atoms with E-state index in [-0.39, 0.29) is 11.9 Å². The van der Waals surface area contributed by atoms with Gasteiger partial charge in [-0.05, 0) is 31.7 Å². The second kappa shape index (κ2) is 7.11. The molecule has 0 aromatic heterocycles. The van der Waals surface area contributed by atoms with Gasteiger partial charge in [-0.15, -0.1) is 0 Å². The summed E-state index contributed by atoms with van der Waals surface area (Å²) in [5, 5.41) is 12.0. The Bertz CT molecular complexity index is 388. The number of carboxylic acids is 1. The third-order valence-corrected chi connectivity index (χ3v) is 4.85. The maximum Gasteiger partial charge on any atom is 0.326 e. The average molecular weight is 297 g/mol. The Morgan fingerprint density at radius 1 is 1.29 bits per heavy atom. The van der Waals surface area contributed by atoms with Crippen LogP contribution in [0.3, 0.4) is 0 Å². The molecule has 0 aromatic carbocycles. The molecular weight excluding hydrogens is 270 g/mol. The van der Waals surface area contributed by atoms with Crippen LogP contribution in [-0.4, -0.2) is 65.2 Å². The van der Waals surface area contributed by atoms with Crippen LogP contribution in [-0.2, 0) is 4.79 Å². The lowest BCUT2D eigenvalue weighted by atomic mass is 9.99.